The minimum absolute atomic E-state index is 0.983. The lowest BCUT2D eigenvalue weighted by Crippen LogP contribution is -2.41. The number of hydrogen-bond donors (Lipinski definition) is 1. The van der Waals surface area contributed by atoms with Gasteiger partial charge in [0, 0.05) is 12.4 Å². The smallest absolute Gasteiger partial charge is 0.473 e. The lowest BCUT2D eigenvalue weighted by molar-refractivity contribution is -0.550. The monoisotopic (exact) mass is 157 g/mol. The van der Waals surface area contributed by atoms with Gasteiger partial charge in [0.25, 0.3) is 0 Å². The van der Waals surface area contributed by atoms with E-state index < -0.39 is 16.7 Å². The molecule has 0 aromatic heterocycles. The van der Waals surface area contributed by atoms with Crippen LogP contribution in [-0.4, -0.2) is 34.2 Å². The van der Waals surface area contributed by atoms with Gasteiger partial charge >= 0.3 is 11.8 Å². The Labute approximate surface area is 60.2 Å². The van der Waals surface area contributed by atoms with Gasteiger partial charge in [0.2, 0.25) is 0 Å². The van der Waals surface area contributed by atoms with Crippen molar-refractivity contribution in [2.45, 2.75) is 5.79 Å². The fourth-order valence-electron chi connectivity index (χ4n) is 0.591. The molecule has 0 radical (unpaired) electrons. The summed E-state index contributed by atoms with van der Waals surface area (Å²) in [6.45, 7) is 0. The zero-order valence-corrected chi connectivity index (χ0v) is 5.17. The summed E-state index contributed by atoms with van der Waals surface area (Å²) in [6, 6.07) is 0. The van der Waals surface area contributed by atoms with Crippen LogP contribution in [-0.2, 0) is 4.79 Å². The quantitative estimate of drug-likeness (QED) is 0.416. The van der Waals surface area contributed by atoms with Crippen LogP contribution in [0.25, 0.3) is 0 Å². The average molecular weight is 157 g/mol. The van der Waals surface area contributed by atoms with Gasteiger partial charge in [0.05, 0.1) is 4.92 Å². The molecule has 7 heteroatoms. The molecule has 1 heterocycles. The summed E-state index contributed by atoms with van der Waals surface area (Å²) in [4.78, 5) is 25.6. The summed E-state index contributed by atoms with van der Waals surface area (Å²) in [6.07, 6.45) is 1.97. The summed E-state index contributed by atoms with van der Waals surface area (Å²) in [5.41, 5.74) is 0. The van der Waals surface area contributed by atoms with Gasteiger partial charge in [0.1, 0.15) is 0 Å². The average Bonchev–Trinajstić information content (AvgIpc) is 2.34. The molecular weight excluding hydrogens is 154 g/mol. The molecule has 0 aromatic carbocycles. The molecule has 0 aromatic rings. The normalized spacial score (nSPS) is 18.5. The molecule has 1 rings (SSSR count). The zero-order valence-electron chi connectivity index (χ0n) is 5.17. The first-order chi connectivity index (χ1) is 5.09. The molecule has 7 nitrogen and oxygen atoms in total. The van der Waals surface area contributed by atoms with E-state index in [2.05, 4.69) is 9.98 Å². The summed E-state index contributed by atoms with van der Waals surface area (Å²) < 4.78 is 0. The van der Waals surface area contributed by atoms with Crippen LogP contribution in [0.1, 0.15) is 0 Å². The molecule has 0 bridgehead atoms. The van der Waals surface area contributed by atoms with Gasteiger partial charge < -0.3 is 5.11 Å². The number of nitro groups is 1. The third kappa shape index (κ3) is 0.858. The Hall–Kier alpha value is -1.79. The van der Waals surface area contributed by atoms with Crippen molar-refractivity contribution in [2.75, 3.05) is 0 Å². The second-order valence-corrected chi connectivity index (χ2v) is 1.75. The van der Waals surface area contributed by atoms with Gasteiger partial charge in [-0.05, 0) is 0 Å². The van der Waals surface area contributed by atoms with E-state index in [4.69, 9.17) is 5.11 Å². The Balaban J connectivity index is 3.09. The van der Waals surface area contributed by atoms with Gasteiger partial charge in [-0.2, -0.15) is 9.98 Å². The molecule has 0 aliphatic carbocycles. The van der Waals surface area contributed by atoms with Crippen molar-refractivity contribution in [1.29, 1.82) is 0 Å². The van der Waals surface area contributed by atoms with Crippen molar-refractivity contribution in [3.8, 4) is 0 Å². The standard InChI is InChI=1S/C4H3N3O4/c8-3(9)4(7(10)11)5-1-2-6-4/h1-2H,(H,8,9). The first-order valence-corrected chi connectivity index (χ1v) is 2.56. The van der Waals surface area contributed by atoms with Crippen molar-refractivity contribution in [1.82, 2.24) is 0 Å². The summed E-state index contributed by atoms with van der Waals surface area (Å²) in [5.74, 6) is -4.22. The van der Waals surface area contributed by atoms with E-state index in [9.17, 15) is 14.9 Å². The van der Waals surface area contributed by atoms with Crippen LogP contribution in [0.2, 0.25) is 0 Å². The number of carboxylic acid groups (broad SMARTS) is 1. The van der Waals surface area contributed by atoms with E-state index in [1.165, 1.54) is 0 Å². The van der Waals surface area contributed by atoms with Gasteiger partial charge in [-0.1, -0.05) is 0 Å². The Kier molecular flexibility index (Phi) is 1.41. The first-order valence-electron chi connectivity index (χ1n) is 2.56. The number of rotatable bonds is 2. The third-order valence-corrected chi connectivity index (χ3v) is 1.12. The Morgan fingerprint density at radius 1 is 1.55 bits per heavy atom. The fourth-order valence-corrected chi connectivity index (χ4v) is 0.591. The molecule has 0 amide bonds. The SMILES string of the molecule is O=C(O)C1([N+](=O)[O-])N=CC=N1. The van der Waals surface area contributed by atoms with Gasteiger partial charge in [-0.25, -0.2) is 4.79 Å². The van der Waals surface area contributed by atoms with Gasteiger partial charge in [-0.15, -0.1) is 0 Å². The largest absolute Gasteiger partial charge is 0.509 e. The molecule has 0 fully saturated rings. The van der Waals surface area contributed by atoms with Crippen molar-refractivity contribution < 1.29 is 14.8 Å². The molecular formula is C4H3N3O4. The molecule has 1 N–H and O–H groups in total. The first kappa shape index (κ1) is 7.32. The lowest BCUT2D eigenvalue weighted by Gasteiger charge is -2.05. The van der Waals surface area contributed by atoms with E-state index in [1.54, 1.807) is 0 Å². The molecule has 0 spiro atoms. The summed E-state index contributed by atoms with van der Waals surface area (Å²) >= 11 is 0. The Morgan fingerprint density at radius 2 is 2.00 bits per heavy atom. The number of carboxylic acids is 1. The molecule has 58 valence electrons. The van der Waals surface area contributed by atoms with Crippen LogP contribution >= 0.6 is 0 Å². The van der Waals surface area contributed by atoms with Crippen LogP contribution in [0.4, 0.5) is 0 Å². The van der Waals surface area contributed by atoms with E-state index in [-0.39, 0.29) is 0 Å². The second-order valence-electron chi connectivity index (χ2n) is 1.75. The highest BCUT2D eigenvalue weighted by Crippen LogP contribution is 2.15. The highest BCUT2D eigenvalue weighted by atomic mass is 16.6. The van der Waals surface area contributed by atoms with Crippen LogP contribution in [0.15, 0.2) is 9.98 Å². The van der Waals surface area contributed by atoms with Crippen molar-refractivity contribution >= 4 is 18.4 Å². The third-order valence-electron chi connectivity index (χ3n) is 1.12. The molecule has 11 heavy (non-hydrogen) atoms. The van der Waals surface area contributed by atoms with Crippen LogP contribution in [0.3, 0.4) is 0 Å². The van der Waals surface area contributed by atoms with Gasteiger partial charge in [-0.3, -0.25) is 10.1 Å². The lowest BCUT2D eigenvalue weighted by atomic mass is 10.4. The fraction of sp³-hybridized carbons (Fsp3) is 0.250. The number of carbonyl (C=O) groups is 1. The highest BCUT2D eigenvalue weighted by molar-refractivity contribution is 6.19. The second kappa shape index (κ2) is 2.11. The molecule has 0 unspecified atom stereocenters. The number of hydrogen-bond acceptors (Lipinski definition) is 5. The molecule has 0 saturated carbocycles. The van der Waals surface area contributed by atoms with Gasteiger partial charge in [0.15, 0.2) is 0 Å². The molecule has 1 aliphatic heterocycles. The molecule has 0 saturated heterocycles. The van der Waals surface area contributed by atoms with E-state index in [0.29, 0.717) is 0 Å². The minimum Gasteiger partial charge on any atom is -0.473 e. The maximum absolute atomic E-state index is 10.3. The summed E-state index contributed by atoms with van der Waals surface area (Å²) in [7, 11) is 0. The van der Waals surface area contributed by atoms with Crippen molar-refractivity contribution in [3.63, 3.8) is 0 Å². The maximum Gasteiger partial charge on any atom is 0.509 e. The zero-order chi connectivity index (χ0) is 8.48. The Morgan fingerprint density at radius 3 is 2.18 bits per heavy atom. The van der Waals surface area contributed by atoms with Crippen LogP contribution < -0.4 is 0 Å². The molecule has 0 atom stereocenters. The van der Waals surface area contributed by atoms with Crippen molar-refractivity contribution in [2.24, 2.45) is 9.98 Å². The maximum atomic E-state index is 10.3. The number of nitrogens with zero attached hydrogens (tertiary/aromatic N) is 3. The van der Waals surface area contributed by atoms with E-state index >= 15 is 0 Å². The minimum atomic E-state index is -2.53. The predicted molar refractivity (Wildman–Crippen MR) is 34.3 cm³/mol. The van der Waals surface area contributed by atoms with Crippen LogP contribution in [0, 0.1) is 10.1 Å². The number of aliphatic carboxylic acids is 1. The van der Waals surface area contributed by atoms with E-state index in [0.717, 1.165) is 12.4 Å². The summed E-state index contributed by atoms with van der Waals surface area (Å²) in [5, 5.41) is 18.5. The molecule has 1 aliphatic rings. The Bertz CT molecular complexity index is 241. The topological polar surface area (TPSA) is 105 Å². The number of aliphatic imine (C=N–C) groups is 2. The highest BCUT2D eigenvalue weighted by Gasteiger charge is 2.52. The van der Waals surface area contributed by atoms with Crippen LogP contribution in [0.5, 0.6) is 0 Å². The van der Waals surface area contributed by atoms with Crippen molar-refractivity contribution in [3.05, 3.63) is 10.1 Å². The van der Waals surface area contributed by atoms with E-state index in [1.807, 2.05) is 0 Å². The predicted octanol–water partition coefficient (Wildman–Crippen LogP) is -0.843.